The van der Waals surface area contributed by atoms with Crippen molar-refractivity contribution in [3.63, 3.8) is 0 Å². The molecule has 0 saturated heterocycles. The second kappa shape index (κ2) is 9.81. The highest BCUT2D eigenvalue weighted by Crippen LogP contribution is 2.44. The fourth-order valence-corrected chi connectivity index (χ4v) is 4.41. The third kappa shape index (κ3) is 4.70. The monoisotopic (exact) mass is 499 g/mol. The van der Waals surface area contributed by atoms with Gasteiger partial charge >= 0.3 is 6.09 Å². The predicted molar refractivity (Wildman–Crippen MR) is 123 cm³/mol. The van der Waals surface area contributed by atoms with Gasteiger partial charge in [-0.25, -0.2) is 9.18 Å². The lowest BCUT2D eigenvalue weighted by molar-refractivity contribution is 0.0116. The first kappa shape index (κ1) is 22.5. The molecule has 0 saturated carbocycles. The lowest BCUT2D eigenvalue weighted by atomic mass is 9.98. The molecule has 1 aliphatic rings. The zero-order valence-electron chi connectivity index (χ0n) is 17.2. The van der Waals surface area contributed by atoms with Crippen LogP contribution in [0.4, 0.5) is 9.18 Å². The van der Waals surface area contributed by atoms with Gasteiger partial charge in [0.1, 0.15) is 18.5 Å². The van der Waals surface area contributed by atoms with E-state index in [1.807, 2.05) is 36.4 Å². The normalized spacial score (nSPS) is 14.4. The number of aliphatic hydroxyl groups excluding tert-OH is 2. The van der Waals surface area contributed by atoms with Crippen LogP contribution in [-0.4, -0.2) is 35.6 Å². The van der Waals surface area contributed by atoms with E-state index in [4.69, 9.17) is 4.74 Å². The molecule has 0 radical (unpaired) electrons. The summed E-state index contributed by atoms with van der Waals surface area (Å²) < 4.78 is 20.0. The summed E-state index contributed by atoms with van der Waals surface area (Å²) in [7, 11) is 0. The Morgan fingerprint density at radius 2 is 1.66 bits per heavy atom. The molecule has 0 spiro atoms. The van der Waals surface area contributed by atoms with Gasteiger partial charge in [0.25, 0.3) is 0 Å². The Hall–Kier alpha value is -2.74. The number of rotatable bonds is 7. The number of halogens is 2. The van der Waals surface area contributed by atoms with Crippen LogP contribution in [0.15, 0.2) is 71.2 Å². The molecule has 4 rings (SSSR count). The van der Waals surface area contributed by atoms with Gasteiger partial charge in [-0.15, -0.1) is 0 Å². The first-order chi connectivity index (χ1) is 15.5. The molecular formula is C25H23BrFNO4. The van der Waals surface area contributed by atoms with Gasteiger partial charge in [-0.2, -0.15) is 0 Å². The molecule has 32 heavy (non-hydrogen) atoms. The molecule has 1 aliphatic carbocycles. The maximum Gasteiger partial charge on any atom is 0.407 e. The number of hydrogen-bond donors (Lipinski definition) is 3. The second-order valence-electron chi connectivity index (χ2n) is 7.72. The van der Waals surface area contributed by atoms with Crippen LogP contribution >= 0.6 is 15.9 Å². The molecule has 5 nitrogen and oxygen atoms in total. The van der Waals surface area contributed by atoms with Crippen molar-refractivity contribution >= 4 is 22.0 Å². The molecule has 0 aliphatic heterocycles. The van der Waals surface area contributed by atoms with Crippen molar-refractivity contribution in [3.05, 3.63) is 93.7 Å². The Morgan fingerprint density at radius 1 is 1.03 bits per heavy atom. The number of alkyl carbamates (subject to hydrolysis) is 1. The first-order valence-electron chi connectivity index (χ1n) is 10.4. The Bertz CT molecular complexity index is 1080. The molecule has 166 valence electrons. The third-order valence-electron chi connectivity index (χ3n) is 5.70. The van der Waals surface area contributed by atoms with Crippen molar-refractivity contribution in [2.24, 2.45) is 0 Å². The maximum atomic E-state index is 14.0. The number of carbonyl (C=O) groups is 1. The lowest BCUT2D eigenvalue weighted by Crippen LogP contribution is -2.30. The van der Waals surface area contributed by atoms with Crippen molar-refractivity contribution in [1.29, 1.82) is 0 Å². The van der Waals surface area contributed by atoms with Crippen LogP contribution in [0.3, 0.4) is 0 Å². The molecule has 0 fully saturated rings. The Morgan fingerprint density at radius 3 is 2.28 bits per heavy atom. The van der Waals surface area contributed by atoms with E-state index in [-0.39, 0.29) is 31.1 Å². The summed E-state index contributed by atoms with van der Waals surface area (Å²) >= 11 is 3.15. The minimum atomic E-state index is -1.40. The topological polar surface area (TPSA) is 78.8 Å². The summed E-state index contributed by atoms with van der Waals surface area (Å²) in [6.07, 6.45) is -3.20. The summed E-state index contributed by atoms with van der Waals surface area (Å²) in [5.74, 6) is -0.656. The van der Waals surface area contributed by atoms with Crippen molar-refractivity contribution in [3.8, 4) is 11.1 Å². The average Bonchev–Trinajstić information content (AvgIpc) is 3.11. The fraction of sp³-hybridized carbons (Fsp3) is 0.240. The summed E-state index contributed by atoms with van der Waals surface area (Å²) in [5, 5.41) is 23.0. The van der Waals surface area contributed by atoms with Crippen molar-refractivity contribution in [2.75, 3.05) is 13.2 Å². The molecule has 2 unspecified atom stereocenters. The minimum absolute atomic E-state index is 0.00170. The lowest BCUT2D eigenvalue weighted by Gasteiger charge is -2.19. The highest BCUT2D eigenvalue weighted by atomic mass is 79.9. The fourth-order valence-electron chi connectivity index (χ4n) is 4.08. The van der Waals surface area contributed by atoms with E-state index < -0.39 is 24.1 Å². The molecule has 0 aromatic heterocycles. The van der Waals surface area contributed by atoms with Crippen LogP contribution in [-0.2, 0) is 4.74 Å². The molecule has 0 heterocycles. The Kier molecular flexibility index (Phi) is 6.89. The molecule has 3 aromatic carbocycles. The zero-order chi connectivity index (χ0) is 22.7. The van der Waals surface area contributed by atoms with Crippen LogP contribution in [0.2, 0.25) is 0 Å². The van der Waals surface area contributed by atoms with Crippen LogP contribution in [0.1, 0.15) is 35.1 Å². The quantitative estimate of drug-likeness (QED) is 0.431. The number of amides is 1. The first-order valence-corrected chi connectivity index (χ1v) is 11.1. The predicted octanol–water partition coefficient (Wildman–Crippen LogP) is 4.91. The molecule has 3 N–H and O–H groups in total. The van der Waals surface area contributed by atoms with E-state index in [1.165, 1.54) is 12.1 Å². The van der Waals surface area contributed by atoms with Gasteiger partial charge in [-0.3, -0.25) is 0 Å². The Labute approximate surface area is 194 Å². The van der Waals surface area contributed by atoms with Crippen molar-refractivity contribution in [2.45, 2.75) is 24.5 Å². The van der Waals surface area contributed by atoms with Crippen molar-refractivity contribution < 1.29 is 24.1 Å². The van der Waals surface area contributed by atoms with Gasteiger partial charge < -0.3 is 20.3 Å². The molecule has 7 heteroatoms. The van der Waals surface area contributed by atoms with E-state index in [1.54, 1.807) is 6.07 Å². The van der Waals surface area contributed by atoms with Crippen LogP contribution in [0, 0.1) is 5.82 Å². The van der Waals surface area contributed by atoms with Gasteiger partial charge in [0, 0.05) is 22.5 Å². The largest absolute Gasteiger partial charge is 0.449 e. The molecule has 1 amide bonds. The number of ether oxygens (including phenoxy) is 1. The maximum absolute atomic E-state index is 14.0. The van der Waals surface area contributed by atoms with E-state index >= 15 is 0 Å². The summed E-state index contributed by atoms with van der Waals surface area (Å²) in [5.41, 5.74) is 4.54. The minimum Gasteiger partial charge on any atom is -0.449 e. The van der Waals surface area contributed by atoms with Gasteiger partial charge in [0.15, 0.2) is 0 Å². The molecule has 3 aromatic rings. The van der Waals surface area contributed by atoms with E-state index in [2.05, 4.69) is 33.4 Å². The Balaban J connectivity index is 1.29. The van der Waals surface area contributed by atoms with Gasteiger partial charge in [-0.05, 0) is 40.8 Å². The van der Waals surface area contributed by atoms with Crippen molar-refractivity contribution in [1.82, 2.24) is 5.32 Å². The standard InChI is InChI=1S/C25H23BrFNO4/c26-15-9-10-20(22(27)13-15)24(30)23(29)11-12-28-25(31)32-14-21-18-7-3-1-5-16(18)17-6-2-4-8-19(17)21/h1-10,13,21,23-24,29-30H,11-12,14H2,(H,28,31). The van der Waals surface area contributed by atoms with Gasteiger partial charge in [-0.1, -0.05) is 70.5 Å². The number of benzene rings is 3. The zero-order valence-corrected chi connectivity index (χ0v) is 18.8. The van der Waals surface area contributed by atoms with Crippen LogP contribution < -0.4 is 5.32 Å². The summed E-state index contributed by atoms with van der Waals surface area (Å²) in [6.45, 7) is 0.266. The average molecular weight is 500 g/mol. The molecule has 0 bridgehead atoms. The van der Waals surface area contributed by atoms with Crippen LogP contribution in [0.5, 0.6) is 0 Å². The number of nitrogens with one attached hydrogen (secondary N) is 1. The van der Waals surface area contributed by atoms with E-state index in [0.717, 1.165) is 22.3 Å². The highest BCUT2D eigenvalue weighted by molar-refractivity contribution is 9.10. The number of aliphatic hydroxyl groups is 2. The molecule has 2 atom stereocenters. The SMILES string of the molecule is O=C(NCCC(O)C(O)c1ccc(Br)cc1F)OCC1c2ccccc2-c2ccccc21. The number of hydrogen-bond acceptors (Lipinski definition) is 4. The summed E-state index contributed by atoms with van der Waals surface area (Å²) in [4.78, 5) is 12.2. The van der Waals surface area contributed by atoms with E-state index in [0.29, 0.717) is 4.47 Å². The number of carbonyl (C=O) groups excluding carboxylic acids is 1. The number of fused-ring (bicyclic) bond motifs is 3. The van der Waals surface area contributed by atoms with Gasteiger partial charge in [0.05, 0.1) is 6.10 Å². The third-order valence-corrected chi connectivity index (χ3v) is 6.19. The molecular weight excluding hydrogens is 477 g/mol. The summed E-state index contributed by atoms with van der Waals surface area (Å²) in [6, 6.07) is 20.4. The van der Waals surface area contributed by atoms with Crippen LogP contribution in [0.25, 0.3) is 11.1 Å². The second-order valence-corrected chi connectivity index (χ2v) is 8.63. The smallest absolute Gasteiger partial charge is 0.407 e. The van der Waals surface area contributed by atoms with Gasteiger partial charge in [0.2, 0.25) is 0 Å². The van der Waals surface area contributed by atoms with E-state index in [9.17, 15) is 19.4 Å². The highest BCUT2D eigenvalue weighted by Gasteiger charge is 2.29.